The second-order valence-electron chi connectivity index (χ2n) is 10.3. The highest BCUT2D eigenvalue weighted by Crippen LogP contribution is 2.50. The highest BCUT2D eigenvalue weighted by Gasteiger charge is 2.29. The fourth-order valence-electron chi connectivity index (χ4n) is 5.35. The number of carbonyl (C=O) groups is 2. The molecule has 224 valence electrons. The molecule has 11 heteroatoms. The average molecular weight is 578 g/mol. The van der Waals surface area contributed by atoms with Gasteiger partial charge in [0.2, 0.25) is 23.0 Å². The summed E-state index contributed by atoms with van der Waals surface area (Å²) in [6.45, 7) is 2.05. The summed E-state index contributed by atoms with van der Waals surface area (Å²) >= 11 is 0. The highest BCUT2D eigenvalue weighted by atomic mass is 16.5. The van der Waals surface area contributed by atoms with E-state index in [2.05, 4.69) is 21.0 Å². The summed E-state index contributed by atoms with van der Waals surface area (Å²) in [5.74, 6) is 1.82. The number of methoxy groups -OCH3 is 3. The van der Waals surface area contributed by atoms with Gasteiger partial charge in [-0.3, -0.25) is 19.1 Å². The van der Waals surface area contributed by atoms with E-state index >= 15 is 0 Å². The van der Waals surface area contributed by atoms with Gasteiger partial charge in [0.1, 0.15) is 0 Å². The number of aryl methyl sites for hydroxylation is 2. The third-order valence-electron chi connectivity index (χ3n) is 7.29. The zero-order valence-electron chi connectivity index (χ0n) is 24.8. The summed E-state index contributed by atoms with van der Waals surface area (Å²) in [4.78, 5) is 37.7. The van der Waals surface area contributed by atoms with Crippen molar-refractivity contribution in [2.45, 2.75) is 51.5 Å². The van der Waals surface area contributed by atoms with Gasteiger partial charge in [-0.15, -0.1) is 0 Å². The van der Waals surface area contributed by atoms with Gasteiger partial charge in [0.15, 0.2) is 17.3 Å². The van der Waals surface area contributed by atoms with Gasteiger partial charge < -0.3 is 30.2 Å². The maximum absolute atomic E-state index is 13.4. The molecule has 1 unspecified atom stereocenters. The molecule has 1 aromatic heterocycles. The monoisotopic (exact) mass is 577 g/mol. The van der Waals surface area contributed by atoms with E-state index in [0.717, 1.165) is 36.0 Å². The van der Waals surface area contributed by atoms with Gasteiger partial charge in [-0.1, -0.05) is 12.5 Å². The largest absolute Gasteiger partial charge is 0.493 e. The molecule has 0 saturated carbocycles. The Morgan fingerprint density at radius 3 is 2.48 bits per heavy atom. The quantitative estimate of drug-likeness (QED) is 0.273. The molecule has 4 rings (SSSR count). The van der Waals surface area contributed by atoms with Crippen LogP contribution in [0, 0.1) is 0 Å². The summed E-state index contributed by atoms with van der Waals surface area (Å²) < 4.78 is 18.7. The van der Waals surface area contributed by atoms with Crippen molar-refractivity contribution in [3.63, 3.8) is 0 Å². The van der Waals surface area contributed by atoms with E-state index in [1.54, 1.807) is 57.5 Å². The number of nitrogens with one attached hydrogen (secondary N) is 3. The van der Waals surface area contributed by atoms with Crippen LogP contribution in [-0.2, 0) is 23.1 Å². The van der Waals surface area contributed by atoms with Crippen LogP contribution < -0.4 is 35.6 Å². The number of benzene rings is 1. The number of aromatic nitrogens is 2. The summed E-state index contributed by atoms with van der Waals surface area (Å²) in [5, 5.41) is 13.2. The van der Waals surface area contributed by atoms with E-state index in [0.29, 0.717) is 60.1 Å². The van der Waals surface area contributed by atoms with Gasteiger partial charge in [-0.05, 0) is 60.6 Å². The molecule has 11 nitrogen and oxygen atoms in total. The fourth-order valence-corrected chi connectivity index (χ4v) is 5.35. The van der Waals surface area contributed by atoms with Crippen molar-refractivity contribution in [1.29, 1.82) is 0 Å². The van der Waals surface area contributed by atoms with Crippen LogP contribution >= 0.6 is 0 Å². The smallest absolute Gasteiger partial charge is 0.225 e. The molecule has 1 heterocycles. The Labute approximate surface area is 245 Å². The first kappa shape index (κ1) is 30.4. The van der Waals surface area contributed by atoms with Crippen LogP contribution in [0.1, 0.15) is 56.2 Å². The van der Waals surface area contributed by atoms with Crippen LogP contribution in [0.5, 0.6) is 17.2 Å². The molecule has 1 aliphatic rings. The number of carbonyl (C=O) groups excluding carboxylic acids is 2. The van der Waals surface area contributed by atoms with Crippen molar-refractivity contribution in [2.75, 3.05) is 38.5 Å². The minimum atomic E-state index is -0.364. The molecular weight excluding hydrogens is 538 g/mol. The van der Waals surface area contributed by atoms with Crippen LogP contribution in [0.25, 0.3) is 11.1 Å². The number of unbranched alkanes of at least 4 members (excludes halogenated alkanes) is 2. The molecule has 0 radical (unpaired) electrons. The number of amides is 2. The number of hydrogen-bond donors (Lipinski definition) is 3. The van der Waals surface area contributed by atoms with E-state index in [1.807, 2.05) is 12.1 Å². The maximum atomic E-state index is 13.4. The topological polar surface area (TPSA) is 133 Å². The molecule has 3 N–H and O–H groups in total. The molecule has 1 aliphatic carbocycles. The first-order chi connectivity index (χ1) is 20.2. The Hall–Kier alpha value is -4.54. The number of fused-ring (bicyclic) bond motifs is 3. The van der Waals surface area contributed by atoms with Gasteiger partial charge >= 0.3 is 0 Å². The SMILES string of the molecule is COc1cc2c(c(OC)c1OC)-c1ccc(NCCCCCC(=O)Nc3ccn(C)n3)c(=O)cc1C(NC(C)=O)CC2. The molecular formula is C31H39N5O6. The van der Waals surface area contributed by atoms with Crippen LogP contribution in [-0.4, -0.2) is 49.5 Å². The molecule has 0 spiro atoms. The van der Waals surface area contributed by atoms with Crippen molar-refractivity contribution in [2.24, 2.45) is 7.05 Å². The van der Waals surface area contributed by atoms with Gasteiger partial charge in [-0.25, -0.2) is 0 Å². The Morgan fingerprint density at radius 2 is 1.81 bits per heavy atom. The van der Waals surface area contributed by atoms with E-state index in [9.17, 15) is 14.4 Å². The summed E-state index contributed by atoms with van der Waals surface area (Å²) in [6, 6.07) is 8.59. The lowest BCUT2D eigenvalue weighted by Gasteiger charge is -2.19. The van der Waals surface area contributed by atoms with Crippen LogP contribution in [0.2, 0.25) is 0 Å². The Bertz CT molecular complexity index is 1500. The van der Waals surface area contributed by atoms with Crippen molar-refractivity contribution in [1.82, 2.24) is 15.1 Å². The number of rotatable bonds is 12. The van der Waals surface area contributed by atoms with Crippen LogP contribution in [0.3, 0.4) is 0 Å². The van der Waals surface area contributed by atoms with Gasteiger partial charge in [0.25, 0.3) is 0 Å². The number of ether oxygens (including phenoxy) is 3. The first-order valence-electron chi connectivity index (χ1n) is 14.1. The van der Waals surface area contributed by atoms with Gasteiger partial charge in [0.05, 0.1) is 33.1 Å². The minimum Gasteiger partial charge on any atom is -0.493 e. The molecule has 3 aromatic rings. The lowest BCUT2D eigenvalue weighted by molar-refractivity contribution is -0.119. The Morgan fingerprint density at radius 1 is 1.02 bits per heavy atom. The molecule has 2 aromatic carbocycles. The van der Waals surface area contributed by atoms with Gasteiger partial charge in [0, 0.05) is 44.8 Å². The van der Waals surface area contributed by atoms with Crippen molar-refractivity contribution >= 4 is 23.3 Å². The second-order valence-corrected chi connectivity index (χ2v) is 10.3. The van der Waals surface area contributed by atoms with Crippen LogP contribution in [0.4, 0.5) is 11.5 Å². The highest BCUT2D eigenvalue weighted by molar-refractivity contribution is 5.89. The van der Waals surface area contributed by atoms with E-state index < -0.39 is 0 Å². The minimum absolute atomic E-state index is 0.0706. The lowest BCUT2D eigenvalue weighted by atomic mass is 9.95. The second kappa shape index (κ2) is 13.9. The molecule has 0 saturated heterocycles. The summed E-state index contributed by atoms with van der Waals surface area (Å²) in [7, 11) is 6.50. The van der Waals surface area contributed by atoms with Crippen molar-refractivity contribution < 1.29 is 23.8 Å². The maximum Gasteiger partial charge on any atom is 0.225 e. The average Bonchev–Trinajstić information content (AvgIpc) is 3.22. The first-order valence-corrected chi connectivity index (χ1v) is 14.1. The standard InChI is InChI=1S/C31H39N5O6/c1-19(37)33-23-12-10-20-17-26(40-3)30(41-4)31(42-5)29(20)21-11-13-24(25(38)18-22(21)23)32-15-8-6-7-9-28(39)34-27-14-16-36(2)35-27/h11,13-14,16-18,23H,6-10,12,15H2,1-5H3,(H,32,38)(H,33,37)(H,34,35,39). The third kappa shape index (κ3) is 7.02. The fraction of sp³-hybridized carbons (Fsp3) is 0.419. The van der Waals surface area contributed by atoms with E-state index in [-0.39, 0.29) is 23.3 Å². The summed E-state index contributed by atoms with van der Waals surface area (Å²) in [6.07, 6.45) is 5.74. The lowest BCUT2D eigenvalue weighted by Crippen LogP contribution is -2.26. The number of anilines is 2. The Balaban J connectivity index is 1.53. The van der Waals surface area contributed by atoms with Crippen LogP contribution in [0.15, 0.2) is 41.3 Å². The number of hydrogen-bond acceptors (Lipinski definition) is 8. The zero-order valence-corrected chi connectivity index (χ0v) is 24.8. The predicted molar refractivity (Wildman–Crippen MR) is 161 cm³/mol. The summed E-state index contributed by atoms with van der Waals surface area (Å²) in [5.41, 5.74) is 3.56. The predicted octanol–water partition coefficient (Wildman–Crippen LogP) is 4.21. The number of nitrogens with zero attached hydrogens (tertiary/aromatic N) is 2. The molecule has 42 heavy (non-hydrogen) atoms. The van der Waals surface area contributed by atoms with Gasteiger partial charge in [-0.2, -0.15) is 5.10 Å². The van der Waals surface area contributed by atoms with Crippen molar-refractivity contribution in [3.8, 4) is 28.4 Å². The Kier molecular flexibility index (Phi) is 10.1. The molecule has 0 fully saturated rings. The third-order valence-corrected chi connectivity index (χ3v) is 7.29. The van der Waals surface area contributed by atoms with Crippen molar-refractivity contribution in [3.05, 3.63) is 57.9 Å². The molecule has 1 atom stereocenters. The van der Waals surface area contributed by atoms with E-state index in [4.69, 9.17) is 14.2 Å². The molecule has 0 bridgehead atoms. The molecule has 2 amide bonds. The zero-order chi connectivity index (χ0) is 30.2. The van der Waals surface area contributed by atoms with E-state index in [1.165, 1.54) is 6.92 Å². The molecule has 0 aliphatic heterocycles. The normalized spacial score (nSPS) is 13.7.